The fourth-order valence-electron chi connectivity index (χ4n) is 0.868. The number of halogens is 2. The highest BCUT2D eigenvalue weighted by Crippen LogP contribution is 2.09. The van der Waals surface area contributed by atoms with E-state index in [9.17, 15) is 8.42 Å². The zero-order valence-electron chi connectivity index (χ0n) is 8.44. The molecule has 0 fully saturated rings. The molecular formula is C7H10Cl2N4O2S. The molecule has 0 aliphatic rings. The largest absolute Gasteiger partial charge is 0.353 e. The molecule has 0 aliphatic carbocycles. The number of hydrogen-bond donors (Lipinski definition) is 1. The van der Waals surface area contributed by atoms with Gasteiger partial charge in [-0.25, -0.2) is 8.42 Å². The predicted molar refractivity (Wildman–Crippen MR) is 62.7 cm³/mol. The van der Waals surface area contributed by atoms with Crippen molar-refractivity contribution < 1.29 is 8.42 Å². The third kappa shape index (κ3) is 4.46. The van der Waals surface area contributed by atoms with E-state index in [1.54, 1.807) is 6.92 Å². The second kappa shape index (κ2) is 5.60. The molecule has 0 bridgehead atoms. The number of sulfone groups is 1. The average Bonchev–Trinajstić information content (AvgIpc) is 2.16. The van der Waals surface area contributed by atoms with E-state index in [0.717, 1.165) is 0 Å². The molecule has 1 N–H and O–H groups in total. The van der Waals surface area contributed by atoms with Crippen molar-refractivity contribution >= 4 is 39.0 Å². The number of rotatable bonds is 5. The highest BCUT2D eigenvalue weighted by Gasteiger charge is 2.08. The Labute approximate surface area is 103 Å². The minimum Gasteiger partial charge on any atom is -0.353 e. The maximum atomic E-state index is 11.2. The van der Waals surface area contributed by atoms with Crippen LogP contribution in [0.15, 0.2) is 0 Å². The van der Waals surface area contributed by atoms with Crippen LogP contribution in [-0.4, -0.2) is 41.4 Å². The molecule has 0 atom stereocenters. The van der Waals surface area contributed by atoms with Gasteiger partial charge in [0, 0.05) is 12.3 Å². The zero-order chi connectivity index (χ0) is 12.2. The fourth-order valence-corrected chi connectivity index (χ4v) is 1.93. The molecule has 1 aromatic rings. The second-order valence-electron chi connectivity index (χ2n) is 2.86. The first kappa shape index (κ1) is 13.4. The van der Waals surface area contributed by atoms with Gasteiger partial charge in [-0.15, -0.1) is 0 Å². The number of aromatic nitrogens is 3. The summed E-state index contributed by atoms with van der Waals surface area (Å²) in [5.41, 5.74) is 0. The normalized spacial score (nSPS) is 11.4. The van der Waals surface area contributed by atoms with Crippen molar-refractivity contribution in [3.8, 4) is 0 Å². The fraction of sp³-hybridized carbons (Fsp3) is 0.571. The third-order valence-corrected chi connectivity index (χ3v) is 3.76. The summed E-state index contributed by atoms with van der Waals surface area (Å²) in [4.78, 5) is 11.0. The molecule has 0 aliphatic heterocycles. The van der Waals surface area contributed by atoms with Crippen LogP contribution in [-0.2, 0) is 9.84 Å². The summed E-state index contributed by atoms with van der Waals surface area (Å²) in [6, 6.07) is 0. The van der Waals surface area contributed by atoms with E-state index in [-0.39, 0.29) is 34.6 Å². The van der Waals surface area contributed by atoms with Crippen molar-refractivity contribution in [2.24, 2.45) is 0 Å². The van der Waals surface area contributed by atoms with E-state index in [1.165, 1.54) is 0 Å². The number of anilines is 1. The Hall–Kier alpha value is -0.660. The van der Waals surface area contributed by atoms with Crippen LogP contribution in [0.1, 0.15) is 6.92 Å². The van der Waals surface area contributed by atoms with Crippen LogP contribution in [0.2, 0.25) is 10.6 Å². The van der Waals surface area contributed by atoms with Crippen molar-refractivity contribution in [1.82, 2.24) is 15.0 Å². The van der Waals surface area contributed by atoms with Gasteiger partial charge in [0.15, 0.2) is 9.84 Å². The van der Waals surface area contributed by atoms with Crippen molar-refractivity contribution in [1.29, 1.82) is 0 Å². The summed E-state index contributed by atoms with van der Waals surface area (Å²) >= 11 is 11.1. The monoisotopic (exact) mass is 284 g/mol. The average molecular weight is 285 g/mol. The quantitative estimate of drug-likeness (QED) is 0.869. The van der Waals surface area contributed by atoms with Gasteiger partial charge in [-0.05, 0) is 23.2 Å². The van der Waals surface area contributed by atoms with E-state index >= 15 is 0 Å². The van der Waals surface area contributed by atoms with E-state index in [4.69, 9.17) is 23.2 Å². The van der Waals surface area contributed by atoms with Crippen LogP contribution in [0.4, 0.5) is 5.95 Å². The number of nitrogens with zero attached hydrogens (tertiary/aromatic N) is 3. The molecule has 0 aromatic carbocycles. The molecule has 16 heavy (non-hydrogen) atoms. The summed E-state index contributed by atoms with van der Waals surface area (Å²) in [7, 11) is -3.01. The molecule has 1 aromatic heterocycles. The van der Waals surface area contributed by atoms with Gasteiger partial charge in [-0.1, -0.05) is 6.92 Å². The lowest BCUT2D eigenvalue weighted by atomic mass is 10.7. The Morgan fingerprint density at radius 1 is 1.19 bits per heavy atom. The second-order valence-corrected chi connectivity index (χ2v) is 6.01. The minimum atomic E-state index is -3.01. The molecule has 90 valence electrons. The van der Waals surface area contributed by atoms with Crippen LogP contribution < -0.4 is 5.32 Å². The summed E-state index contributed by atoms with van der Waals surface area (Å²) in [5.74, 6) is 0.272. The molecule has 1 rings (SSSR count). The van der Waals surface area contributed by atoms with Gasteiger partial charge in [0.05, 0.1) is 5.75 Å². The summed E-state index contributed by atoms with van der Waals surface area (Å²) in [5, 5.41) is 2.62. The van der Waals surface area contributed by atoms with Gasteiger partial charge in [0.2, 0.25) is 16.5 Å². The standard InChI is InChI=1S/C7H10Cl2N4O2S/c1-2-16(14,15)4-3-10-7-12-5(8)11-6(9)13-7/h2-4H2,1H3,(H,10,11,12,13). The first-order valence-corrected chi connectivity index (χ1v) is 7.02. The number of nitrogens with one attached hydrogen (secondary N) is 1. The predicted octanol–water partition coefficient (Wildman–Crippen LogP) is 1.03. The highest BCUT2D eigenvalue weighted by molar-refractivity contribution is 7.91. The van der Waals surface area contributed by atoms with Crippen molar-refractivity contribution in [2.45, 2.75) is 6.92 Å². The van der Waals surface area contributed by atoms with Gasteiger partial charge in [-0.2, -0.15) is 15.0 Å². The summed E-state index contributed by atoms with van der Waals surface area (Å²) in [6.07, 6.45) is 0. The van der Waals surface area contributed by atoms with Crippen molar-refractivity contribution in [2.75, 3.05) is 23.4 Å². The molecule has 0 radical (unpaired) electrons. The highest BCUT2D eigenvalue weighted by atomic mass is 35.5. The Morgan fingerprint density at radius 3 is 2.25 bits per heavy atom. The molecular weight excluding hydrogens is 275 g/mol. The van der Waals surface area contributed by atoms with Gasteiger partial charge in [0.25, 0.3) is 0 Å². The van der Waals surface area contributed by atoms with Crippen LogP contribution in [0, 0.1) is 0 Å². The molecule has 0 amide bonds. The van der Waals surface area contributed by atoms with Gasteiger partial charge < -0.3 is 5.32 Å². The molecule has 0 saturated carbocycles. The van der Waals surface area contributed by atoms with E-state index < -0.39 is 9.84 Å². The van der Waals surface area contributed by atoms with Crippen LogP contribution in [0.25, 0.3) is 0 Å². The Morgan fingerprint density at radius 2 is 1.75 bits per heavy atom. The SMILES string of the molecule is CCS(=O)(=O)CCNc1nc(Cl)nc(Cl)n1. The minimum absolute atomic E-state index is 0.00439. The lowest BCUT2D eigenvalue weighted by Gasteiger charge is -2.04. The molecule has 0 saturated heterocycles. The summed E-state index contributed by atoms with van der Waals surface area (Å²) in [6.45, 7) is 1.79. The lowest BCUT2D eigenvalue weighted by molar-refractivity contribution is 0.597. The molecule has 6 nitrogen and oxygen atoms in total. The summed E-state index contributed by atoms with van der Waals surface area (Å²) < 4.78 is 22.4. The Kier molecular flexibility index (Phi) is 4.69. The van der Waals surface area contributed by atoms with Gasteiger partial charge in [0.1, 0.15) is 0 Å². The first-order valence-electron chi connectivity index (χ1n) is 4.44. The topological polar surface area (TPSA) is 84.8 Å². The Bertz CT molecular complexity index is 445. The van der Waals surface area contributed by atoms with Crippen molar-refractivity contribution in [3.63, 3.8) is 0 Å². The maximum Gasteiger partial charge on any atom is 0.228 e. The smallest absolute Gasteiger partial charge is 0.228 e. The molecule has 1 heterocycles. The van der Waals surface area contributed by atoms with Crippen molar-refractivity contribution in [3.05, 3.63) is 10.6 Å². The Balaban J connectivity index is 2.55. The molecule has 9 heteroatoms. The van der Waals surface area contributed by atoms with Gasteiger partial charge in [-0.3, -0.25) is 0 Å². The number of hydrogen-bond acceptors (Lipinski definition) is 6. The third-order valence-electron chi connectivity index (χ3n) is 1.72. The van der Waals surface area contributed by atoms with Crippen LogP contribution in [0.5, 0.6) is 0 Å². The van der Waals surface area contributed by atoms with Crippen LogP contribution >= 0.6 is 23.2 Å². The molecule has 0 spiro atoms. The maximum absolute atomic E-state index is 11.2. The van der Waals surface area contributed by atoms with E-state index in [1.807, 2.05) is 0 Å². The van der Waals surface area contributed by atoms with E-state index in [0.29, 0.717) is 0 Å². The first-order chi connectivity index (χ1) is 7.43. The lowest BCUT2D eigenvalue weighted by Crippen LogP contribution is -2.18. The molecule has 0 unspecified atom stereocenters. The van der Waals surface area contributed by atoms with Gasteiger partial charge >= 0.3 is 0 Å². The zero-order valence-corrected chi connectivity index (χ0v) is 10.8. The van der Waals surface area contributed by atoms with E-state index in [2.05, 4.69) is 20.3 Å². The van der Waals surface area contributed by atoms with Crippen LogP contribution in [0.3, 0.4) is 0 Å².